The Bertz CT molecular complexity index is 588. The van der Waals surface area contributed by atoms with E-state index in [1.165, 1.54) is 6.07 Å². The lowest BCUT2D eigenvalue weighted by Crippen LogP contribution is -2.07. The number of hydrogen-bond acceptors (Lipinski definition) is 2. The molecule has 1 aromatic carbocycles. The van der Waals surface area contributed by atoms with Gasteiger partial charge in [0.15, 0.2) is 0 Å². The number of halogens is 1. The van der Waals surface area contributed by atoms with Crippen LogP contribution in [0.3, 0.4) is 0 Å². The highest BCUT2D eigenvalue weighted by Crippen LogP contribution is 2.25. The molecule has 0 bridgehead atoms. The Labute approximate surface area is 106 Å². The number of rotatable bonds is 2. The quantitative estimate of drug-likeness (QED) is 0.887. The molecule has 2 rings (SSSR count). The maximum atomic E-state index is 13.6. The largest absolute Gasteiger partial charge is 0.389 e. The Morgan fingerprint density at radius 3 is 2.39 bits per heavy atom. The van der Waals surface area contributed by atoms with Gasteiger partial charge in [-0.25, -0.2) is 9.07 Å². The fourth-order valence-electron chi connectivity index (χ4n) is 2.07. The summed E-state index contributed by atoms with van der Waals surface area (Å²) in [4.78, 5) is 0. The van der Waals surface area contributed by atoms with E-state index in [4.69, 9.17) is 0 Å². The Morgan fingerprint density at radius 1 is 1.22 bits per heavy atom. The fraction of sp³-hybridized carbons (Fsp3) is 0.357. The van der Waals surface area contributed by atoms with Crippen molar-refractivity contribution in [1.29, 1.82) is 0 Å². The Balaban J connectivity index is 2.69. The second kappa shape index (κ2) is 4.53. The molecule has 0 saturated carbocycles. The average Bonchev–Trinajstić information content (AvgIpc) is 2.61. The topological polar surface area (TPSA) is 38.0 Å². The molecule has 1 N–H and O–H groups in total. The van der Waals surface area contributed by atoms with Gasteiger partial charge in [0.05, 0.1) is 17.5 Å². The molecule has 0 radical (unpaired) electrons. The van der Waals surface area contributed by atoms with Crippen LogP contribution in [0.15, 0.2) is 18.2 Å². The highest BCUT2D eigenvalue weighted by Gasteiger charge is 2.15. The summed E-state index contributed by atoms with van der Waals surface area (Å²) in [6.45, 7) is 7.17. The van der Waals surface area contributed by atoms with Gasteiger partial charge in [0, 0.05) is 11.3 Å². The zero-order valence-electron chi connectivity index (χ0n) is 11.0. The Kier molecular flexibility index (Phi) is 3.22. The third kappa shape index (κ3) is 2.16. The lowest BCUT2D eigenvalue weighted by molar-refractivity contribution is 0.198. The van der Waals surface area contributed by atoms with Gasteiger partial charge in [0.25, 0.3) is 0 Å². The first-order valence-corrected chi connectivity index (χ1v) is 5.92. The van der Waals surface area contributed by atoms with Crippen molar-refractivity contribution in [2.75, 3.05) is 0 Å². The van der Waals surface area contributed by atoms with Gasteiger partial charge in [0.1, 0.15) is 5.82 Å². The summed E-state index contributed by atoms with van der Waals surface area (Å²) in [7, 11) is 0. The molecule has 0 fully saturated rings. The molecule has 0 aliphatic rings. The number of aliphatic hydroxyl groups excluding tert-OH is 1. The molecule has 0 unspecified atom stereocenters. The van der Waals surface area contributed by atoms with Crippen LogP contribution < -0.4 is 0 Å². The van der Waals surface area contributed by atoms with Crippen LogP contribution in [-0.4, -0.2) is 14.9 Å². The number of benzene rings is 1. The molecular formula is C14H17FN2O. The van der Waals surface area contributed by atoms with Gasteiger partial charge in [-0.15, -0.1) is 0 Å². The average molecular weight is 248 g/mol. The van der Waals surface area contributed by atoms with Gasteiger partial charge in [-0.3, -0.25) is 0 Å². The first kappa shape index (κ1) is 12.8. The van der Waals surface area contributed by atoms with E-state index in [9.17, 15) is 9.50 Å². The minimum Gasteiger partial charge on any atom is -0.389 e. The number of hydrogen-bond donors (Lipinski definition) is 1. The predicted molar refractivity (Wildman–Crippen MR) is 68.4 cm³/mol. The van der Waals surface area contributed by atoms with Crippen molar-refractivity contribution in [3.05, 3.63) is 46.5 Å². The van der Waals surface area contributed by atoms with Crippen molar-refractivity contribution in [2.24, 2.45) is 0 Å². The van der Waals surface area contributed by atoms with Gasteiger partial charge in [-0.2, -0.15) is 5.10 Å². The van der Waals surface area contributed by atoms with Crippen molar-refractivity contribution in [3.63, 3.8) is 0 Å². The van der Waals surface area contributed by atoms with Gasteiger partial charge >= 0.3 is 0 Å². The molecule has 1 atom stereocenters. The molecule has 2 aromatic rings. The summed E-state index contributed by atoms with van der Waals surface area (Å²) in [5.74, 6) is -0.309. The van der Waals surface area contributed by atoms with E-state index in [2.05, 4.69) is 5.10 Å². The van der Waals surface area contributed by atoms with E-state index < -0.39 is 6.10 Å². The lowest BCUT2D eigenvalue weighted by atomic mass is 10.0. The summed E-state index contributed by atoms with van der Waals surface area (Å²) < 4.78 is 15.3. The zero-order chi connectivity index (χ0) is 13.4. The van der Waals surface area contributed by atoms with Crippen molar-refractivity contribution in [1.82, 2.24) is 9.78 Å². The van der Waals surface area contributed by atoms with Crippen LogP contribution in [0.4, 0.5) is 4.39 Å². The van der Waals surface area contributed by atoms with Crippen LogP contribution in [0.5, 0.6) is 0 Å². The maximum absolute atomic E-state index is 13.6. The molecule has 0 amide bonds. The van der Waals surface area contributed by atoms with Crippen molar-refractivity contribution in [2.45, 2.75) is 33.8 Å². The highest BCUT2D eigenvalue weighted by molar-refractivity contribution is 5.46. The zero-order valence-corrected chi connectivity index (χ0v) is 11.0. The second-order valence-corrected chi connectivity index (χ2v) is 4.68. The van der Waals surface area contributed by atoms with E-state index >= 15 is 0 Å². The molecule has 0 saturated heterocycles. The van der Waals surface area contributed by atoms with E-state index in [0.717, 1.165) is 17.1 Å². The summed E-state index contributed by atoms with van der Waals surface area (Å²) in [6, 6.07) is 5.05. The van der Waals surface area contributed by atoms with Crippen LogP contribution in [0.2, 0.25) is 0 Å². The molecule has 0 spiro atoms. The third-order valence-corrected chi connectivity index (χ3v) is 3.00. The van der Waals surface area contributed by atoms with Crippen LogP contribution in [0.25, 0.3) is 5.69 Å². The maximum Gasteiger partial charge on any atom is 0.126 e. The first-order valence-electron chi connectivity index (χ1n) is 5.92. The fourth-order valence-corrected chi connectivity index (χ4v) is 2.07. The van der Waals surface area contributed by atoms with E-state index in [0.29, 0.717) is 11.1 Å². The molecule has 1 heterocycles. The summed E-state index contributed by atoms with van der Waals surface area (Å²) >= 11 is 0. The molecule has 4 heteroatoms. The first-order chi connectivity index (χ1) is 8.40. The molecule has 3 nitrogen and oxygen atoms in total. The van der Waals surface area contributed by atoms with Crippen LogP contribution in [0, 0.1) is 26.6 Å². The van der Waals surface area contributed by atoms with E-state index in [-0.39, 0.29) is 5.82 Å². The normalized spacial score (nSPS) is 12.8. The molecule has 0 aliphatic carbocycles. The highest BCUT2D eigenvalue weighted by atomic mass is 19.1. The Morgan fingerprint density at radius 2 is 1.89 bits per heavy atom. The number of nitrogens with zero attached hydrogens (tertiary/aromatic N) is 2. The van der Waals surface area contributed by atoms with Crippen LogP contribution in [0.1, 0.15) is 35.5 Å². The summed E-state index contributed by atoms with van der Waals surface area (Å²) in [5, 5.41) is 14.1. The minimum atomic E-state index is -0.737. The third-order valence-electron chi connectivity index (χ3n) is 3.00. The van der Waals surface area contributed by atoms with Gasteiger partial charge in [-0.05, 0) is 51.5 Å². The number of aliphatic hydroxyl groups is 1. The predicted octanol–water partition coefficient (Wildman–Crippen LogP) is 2.99. The molecule has 96 valence electrons. The Hall–Kier alpha value is -1.68. The SMILES string of the molecule is Cc1cc(C)n(-c2cc(C)c(F)cc2[C@H](C)O)n1. The number of aryl methyl sites for hydroxylation is 3. The summed E-state index contributed by atoms with van der Waals surface area (Å²) in [5.41, 5.74) is 3.67. The van der Waals surface area contributed by atoms with E-state index in [1.54, 1.807) is 24.6 Å². The van der Waals surface area contributed by atoms with Gasteiger partial charge in [0.2, 0.25) is 0 Å². The number of aromatic nitrogens is 2. The van der Waals surface area contributed by atoms with Crippen molar-refractivity contribution >= 4 is 0 Å². The molecule has 0 aliphatic heterocycles. The van der Waals surface area contributed by atoms with Crippen LogP contribution in [-0.2, 0) is 0 Å². The monoisotopic (exact) mass is 248 g/mol. The standard InChI is InChI=1S/C14H17FN2O/c1-8-5-14(12(11(4)18)7-13(8)15)17-10(3)6-9(2)16-17/h5-7,11,18H,1-4H3/t11-/m0/s1. The van der Waals surface area contributed by atoms with E-state index in [1.807, 2.05) is 19.9 Å². The summed E-state index contributed by atoms with van der Waals surface area (Å²) in [6.07, 6.45) is -0.737. The van der Waals surface area contributed by atoms with Crippen molar-refractivity contribution in [3.8, 4) is 5.69 Å². The molecular weight excluding hydrogens is 231 g/mol. The molecule has 1 aromatic heterocycles. The van der Waals surface area contributed by atoms with Gasteiger partial charge in [-0.1, -0.05) is 0 Å². The minimum absolute atomic E-state index is 0.309. The molecule has 18 heavy (non-hydrogen) atoms. The van der Waals surface area contributed by atoms with Crippen molar-refractivity contribution < 1.29 is 9.50 Å². The lowest BCUT2D eigenvalue weighted by Gasteiger charge is -2.15. The smallest absolute Gasteiger partial charge is 0.126 e. The second-order valence-electron chi connectivity index (χ2n) is 4.68. The van der Waals surface area contributed by atoms with Crippen LogP contribution >= 0.6 is 0 Å². The van der Waals surface area contributed by atoms with Gasteiger partial charge < -0.3 is 5.11 Å².